The minimum absolute atomic E-state index is 0.339. The van der Waals surface area contributed by atoms with Crippen LogP contribution in [0.25, 0.3) is 0 Å². The second-order valence-electron chi connectivity index (χ2n) is 6.67. The van der Waals surface area contributed by atoms with Crippen molar-refractivity contribution < 1.29 is 51.7 Å². The standard InChI is InChI=1S/C16H15F3O8/c1-5(16(17,18)19)14(23)25-3-2-8(20)26-11-6-4-7-10(9(6)13(21)22)15(24)27-12(7)11/h6-7,9-12H,1-4H2,(H,21,22). The Labute approximate surface area is 150 Å². The van der Waals surface area contributed by atoms with E-state index in [0.717, 1.165) is 0 Å². The fourth-order valence-corrected chi connectivity index (χ4v) is 4.12. The molecule has 1 saturated heterocycles. The van der Waals surface area contributed by atoms with Crippen molar-refractivity contribution in [2.45, 2.75) is 31.2 Å². The largest absolute Gasteiger partial charge is 0.481 e. The van der Waals surface area contributed by atoms with Crippen molar-refractivity contribution in [2.75, 3.05) is 6.61 Å². The van der Waals surface area contributed by atoms with Crippen LogP contribution in [0.5, 0.6) is 0 Å². The van der Waals surface area contributed by atoms with Crippen molar-refractivity contribution in [3.63, 3.8) is 0 Å². The Morgan fingerprint density at radius 2 is 1.93 bits per heavy atom. The van der Waals surface area contributed by atoms with E-state index in [1.807, 2.05) is 0 Å². The van der Waals surface area contributed by atoms with Crippen LogP contribution in [0.3, 0.4) is 0 Å². The van der Waals surface area contributed by atoms with Crippen molar-refractivity contribution in [1.82, 2.24) is 0 Å². The van der Waals surface area contributed by atoms with Gasteiger partial charge in [0.1, 0.15) is 24.4 Å². The molecular formula is C16H15F3O8. The lowest BCUT2D eigenvalue weighted by molar-refractivity contribution is -0.166. The molecule has 11 heteroatoms. The molecule has 2 saturated carbocycles. The molecule has 0 aromatic carbocycles. The molecule has 0 radical (unpaired) electrons. The highest BCUT2D eigenvalue weighted by molar-refractivity contribution is 5.89. The number of alkyl halides is 3. The highest BCUT2D eigenvalue weighted by atomic mass is 19.4. The molecule has 3 rings (SSSR count). The molecule has 1 aliphatic heterocycles. The summed E-state index contributed by atoms with van der Waals surface area (Å²) in [5.74, 6) is -7.08. The number of halogens is 3. The fourth-order valence-electron chi connectivity index (χ4n) is 4.12. The molecule has 2 bridgehead atoms. The van der Waals surface area contributed by atoms with Gasteiger partial charge in [-0.3, -0.25) is 14.4 Å². The zero-order chi connectivity index (χ0) is 20.1. The Bertz CT molecular complexity index is 715. The molecule has 1 heterocycles. The van der Waals surface area contributed by atoms with Crippen molar-refractivity contribution in [3.8, 4) is 0 Å². The molecule has 6 unspecified atom stereocenters. The Morgan fingerprint density at radius 3 is 2.52 bits per heavy atom. The van der Waals surface area contributed by atoms with E-state index in [1.165, 1.54) is 0 Å². The van der Waals surface area contributed by atoms with Crippen LogP contribution < -0.4 is 0 Å². The van der Waals surface area contributed by atoms with E-state index in [2.05, 4.69) is 11.3 Å². The first-order chi connectivity index (χ1) is 12.5. The third kappa shape index (κ3) is 3.26. The van der Waals surface area contributed by atoms with E-state index in [-0.39, 0.29) is 5.92 Å². The minimum atomic E-state index is -4.94. The van der Waals surface area contributed by atoms with Crippen LogP contribution in [-0.4, -0.2) is 54.0 Å². The Morgan fingerprint density at radius 1 is 1.26 bits per heavy atom. The first kappa shape index (κ1) is 19.2. The number of hydrogen-bond acceptors (Lipinski definition) is 7. The average Bonchev–Trinajstić information content (AvgIpc) is 3.16. The van der Waals surface area contributed by atoms with E-state index in [4.69, 9.17) is 9.47 Å². The summed E-state index contributed by atoms with van der Waals surface area (Å²) in [6.45, 7) is 1.91. The monoisotopic (exact) mass is 392 g/mol. The summed E-state index contributed by atoms with van der Waals surface area (Å²) in [5.41, 5.74) is -1.70. The topological polar surface area (TPSA) is 116 Å². The van der Waals surface area contributed by atoms with E-state index in [9.17, 15) is 37.5 Å². The number of aliphatic carboxylic acids is 1. The quantitative estimate of drug-likeness (QED) is 0.402. The van der Waals surface area contributed by atoms with Crippen LogP contribution >= 0.6 is 0 Å². The summed E-state index contributed by atoms with van der Waals surface area (Å²) in [7, 11) is 0. The lowest BCUT2D eigenvalue weighted by Gasteiger charge is -2.29. The molecule has 3 fully saturated rings. The first-order valence-corrected chi connectivity index (χ1v) is 8.08. The van der Waals surface area contributed by atoms with Gasteiger partial charge in [-0.1, -0.05) is 6.58 Å². The van der Waals surface area contributed by atoms with Crippen LogP contribution in [0.2, 0.25) is 0 Å². The smallest absolute Gasteiger partial charge is 0.422 e. The predicted molar refractivity (Wildman–Crippen MR) is 76.7 cm³/mol. The van der Waals surface area contributed by atoms with Gasteiger partial charge in [0.15, 0.2) is 0 Å². The van der Waals surface area contributed by atoms with Crippen LogP contribution in [-0.2, 0) is 33.4 Å². The molecule has 27 heavy (non-hydrogen) atoms. The normalized spacial score (nSPS) is 33.5. The summed E-state index contributed by atoms with van der Waals surface area (Å²) in [4.78, 5) is 46.4. The van der Waals surface area contributed by atoms with Crippen LogP contribution in [0.1, 0.15) is 12.8 Å². The third-order valence-electron chi connectivity index (χ3n) is 5.23. The summed E-state index contributed by atoms with van der Waals surface area (Å²) in [6.07, 6.45) is -6.76. The Balaban J connectivity index is 1.53. The number of hydrogen-bond donors (Lipinski definition) is 1. The van der Waals surface area contributed by atoms with Crippen molar-refractivity contribution in [2.24, 2.45) is 23.7 Å². The number of fused-ring (bicyclic) bond motifs is 1. The number of ether oxygens (including phenoxy) is 3. The molecule has 148 valence electrons. The Kier molecular flexibility index (Phi) is 4.64. The molecule has 0 aromatic heterocycles. The van der Waals surface area contributed by atoms with Gasteiger partial charge in [0, 0.05) is 11.8 Å². The van der Waals surface area contributed by atoms with Gasteiger partial charge in [0.25, 0.3) is 0 Å². The highest BCUT2D eigenvalue weighted by Crippen LogP contribution is 2.58. The van der Waals surface area contributed by atoms with Crippen LogP contribution in [0.15, 0.2) is 12.2 Å². The molecule has 0 spiro atoms. The zero-order valence-electron chi connectivity index (χ0n) is 13.7. The average molecular weight is 392 g/mol. The van der Waals surface area contributed by atoms with Gasteiger partial charge in [0.2, 0.25) is 0 Å². The van der Waals surface area contributed by atoms with Gasteiger partial charge in [-0.05, 0) is 6.42 Å². The molecule has 1 N–H and O–H groups in total. The maximum absolute atomic E-state index is 12.3. The van der Waals surface area contributed by atoms with Crippen molar-refractivity contribution in [1.29, 1.82) is 0 Å². The van der Waals surface area contributed by atoms with Gasteiger partial charge >= 0.3 is 30.1 Å². The number of carbonyl (C=O) groups is 4. The second-order valence-corrected chi connectivity index (χ2v) is 6.67. The first-order valence-electron chi connectivity index (χ1n) is 8.08. The van der Waals surface area contributed by atoms with E-state index in [1.54, 1.807) is 0 Å². The van der Waals surface area contributed by atoms with Crippen molar-refractivity contribution in [3.05, 3.63) is 12.2 Å². The van der Waals surface area contributed by atoms with Gasteiger partial charge in [0.05, 0.1) is 18.3 Å². The summed E-state index contributed by atoms with van der Waals surface area (Å²) >= 11 is 0. The second kappa shape index (κ2) is 6.54. The summed E-state index contributed by atoms with van der Waals surface area (Å²) < 4.78 is 51.5. The predicted octanol–water partition coefficient (Wildman–Crippen LogP) is 0.842. The highest BCUT2D eigenvalue weighted by Gasteiger charge is 2.69. The number of rotatable bonds is 6. The lowest BCUT2D eigenvalue weighted by Crippen LogP contribution is -2.43. The maximum atomic E-state index is 12.3. The van der Waals surface area contributed by atoms with E-state index < -0.39 is 78.6 Å². The number of esters is 3. The molecule has 8 nitrogen and oxygen atoms in total. The fraction of sp³-hybridized carbons (Fsp3) is 0.625. The van der Waals surface area contributed by atoms with Crippen LogP contribution in [0.4, 0.5) is 13.2 Å². The van der Waals surface area contributed by atoms with E-state index in [0.29, 0.717) is 6.42 Å². The molecular weight excluding hydrogens is 377 g/mol. The van der Waals surface area contributed by atoms with E-state index >= 15 is 0 Å². The number of carboxylic acid groups (broad SMARTS) is 1. The number of carbonyl (C=O) groups excluding carboxylic acids is 3. The van der Waals surface area contributed by atoms with Gasteiger partial charge in [-0.25, -0.2) is 4.79 Å². The SMILES string of the molecule is C=C(C(=O)OCCC(=O)OC1C2CC3C1OC(=O)C3C2C(=O)O)C(F)(F)F. The zero-order valence-corrected chi connectivity index (χ0v) is 13.7. The van der Waals surface area contributed by atoms with Gasteiger partial charge in [-0.15, -0.1) is 0 Å². The minimum Gasteiger partial charge on any atom is -0.481 e. The molecule has 6 atom stereocenters. The van der Waals surface area contributed by atoms with Crippen molar-refractivity contribution >= 4 is 23.9 Å². The van der Waals surface area contributed by atoms with Gasteiger partial charge in [-0.2, -0.15) is 13.2 Å². The summed E-state index contributed by atoms with van der Waals surface area (Å²) in [5, 5.41) is 9.34. The molecule has 0 aromatic rings. The number of carboxylic acids is 1. The lowest BCUT2D eigenvalue weighted by atomic mass is 9.78. The molecule has 0 amide bonds. The summed E-state index contributed by atoms with van der Waals surface area (Å²) in [6, 6.07) is 0. The third-order valence-corrected chi connectivity index (χ3v) is 5.23. The molecule has 3 aliphatic rings. The molecule has 2 aliphatic carbocycles. The Hall–Kier alpha value is -2.59. The van der Waals surface area contributed by atoms with Gasteiger partial charge < -0.3 is 19.3 Å². The van der Waals surface area contributed by atoms with Crippen LogP contribution in [0, 0.1) is 23.7 Å². The maximum Gasteiger partial charge on any atom is 0.422 e.